The van der Waals surface area contributed by atoms with Gasteiger partial charge in [-0.15, -0.1) is 0 Å². The van der Waals surface area contributed by atoms with Crippen molar-refractivity contribution in [2.75, 3.05) is 13.2 Å². The number of nitrogens with one attached hydrogen (secondary N) is 2. The SMILES string of the molecule is Cc1ccccc1CNC(=O)NCCOc1c(C)cccc1C. The van der Waals surface area contributed by atoms with Crippen molar-refractivity contribution in [3.05, 3.63) is 64.7 Å². The second-order valence-corrected chi connectivity index (χ2v) is 5.61. The van der Waals surface area contributed by atoms with Gasteiger partial charge in [-0.2, -0.15) is 0 Å². The molecule has 0 aliphatic heterocycles. The van der Waals surface area contributed by atoms with Crippen molar-refractivity contribution in [1.82, 2.24) is 10.6 Å². The van der Waals surface area contributed by atoms with Gasteiger partial charge in [-0.3, -0.25) is 0 Å². The Morgan fingerprint density at radius 1 is 0.913 bits per heavy atom. The fourth-order valence-electron chi connectivity index (χ4n) is 2.39. The maximum Gasteiger partial charge on any atom is 0.315 e. The molecule has 4 heteroatoms. The summed E-state index contributed by atoms with van der Waals surface area (Å²) in [6.45, 7) is 7.51. The summed E-state index contributed by atoms with van der Waals surface area (Å²) in [5.41, 5.74) is 4.50. The zero-order valence-electron chi connectivity index (χ0n) is 14.0. The Balaban J connectivity index is 1.70. The van der Waals surface area contributed by atoms with Crippen LogP contribution >= 0.6 is 0 Å². The summed E-state index contributed by atoms with van der Waals surface area (Å²) >= 11 is 0. The summed E-state index contributed by atoms with van der Waals surface area (Å²) in [5, 5.41) is 5.66. The normalized spacial score (nSPS) is 10.2. The van der Waals surface area contributed by atoms with Crippen LogP contribution in [0.1, 0.15) is 22.3 Å². The zero-order valence-corrected chi connectivity index (χ0v) is 14.0. The number of benzene rings is 2. The van der Waals surface area contributed by atoms with Crippen molar-refractivity contribution in [3.8, 4) is 5.75 Å². The fraction of sp³-hybridized carbons (Fsp3) is 0.316. The topological polar surface area (TPSA) is 50.4 Å². The number of ether oxygens (including phenoxy) is 1. The van der Waals surface area contributed by atoms with Crippen LogP contribution in [-0.2, 0) is 6.54 Å². The van der Waals surface area contributed by atoms with Crippen LogP contribution in [0, 0.1) is 20.8 Å². The number of hydrogen-bond acceptors (Lipinski definition) is 2. The largest absolute Gasteiger partial charge is 0.491 e. The van der Waals surface area contributed by atoms with Gasteiger partial charge in [0.1, 0.15) is 12.4 Å². The highest BCUT2D eigenvalue weighted by atomic mass is 16.5. The summed E-state index contributed by atoms with van der Waals surface area (Å²) in [6.07, 6.45) is 0. The molecular weight excluding hydrogens is 288 g/mol. The van der Waals surface area contributed by atoms with Crippen LogP contribution < -0.4 is 15.4 Å². The van der Waals surface area contributed by atoms with Gasteiger partial charge < -0.3 is 15.4 Å². The first-order chi connectivity index (χ1) is 11.1. The lowest BCUT2D eigenvalue weighted by molar-refractivity contribution is 0.236. The monoisotopic (exact) mass is 312 g/mol. The summed E-state index contributed by atoms with van der Waals surface area (Å²) in [5.74, 6) is 0.898. The van der Waals surface area contributed by atoms with Crippen molar-refractivity contribution in [2.45, 2.75) is 27.3 Å². The lowest BCUT2D eigenvalue weighted by Crippen LogP contribution is -2.37. The first kappa shape index (κ1) is 16.9. The van der Waals surface area contributed by atoms with Crippen LogP contribution in [0.15, 0.2) is 42.5 Å². The van der Waals surface area contributed by atoms with E-state index >= 15 is 0 Å². The van der Waals surface area contributed by atoms with Gasteiger partial charge in [0.05, 0.1) is 6.54 Å². The standard InChI is InChI=1S/C19H24N2O2/c1-14-7-4-5-10-17(14)13-21-19(22)20-11-12-23-18-15(2)8-6-9-16(18)3/h4-10H,11-13H2,1-3H3,(H2,20,21,22). The predicted octanol–water partition coefficient (Wildman–Crippen LogP) is 3.49. The lowest BCUT2D eigenvalue weighted by atomic mass is 10.1. The molecule has 0 aromatic heterocycles. The van der Waals surface area contributed by atoms with E-state index in [1.807, 2.05) is 63.2 Å². The first-order valence-corrected chi connectivity index (χ1v) is 7.83. The van der Waals surface area contributed by atoms with E-state index in [1.165, 1.54) is 5.56 Å². The molecular formula is C19H24N2O2. The number of amides is 2. The minimum absolute atomic E-state index is 0.182. The van der Waals surface area contributed by atoms with Crippen molar-refractivity contribution < 1.29 is 9.53 Å². The van der Waals surface area contributed by atoms with Gasteiger partial charge >= 0.3 is 6.03 Å². The third kappa shape index (κ3) is 5.02. The van der Waals surface area contributed by atoms with Gasteiger partial charge in [0.25, 0.3) is 0 Å². The molecule has 0 atom stereocenters. The molecule has 2 amide bonds. The molecule has 2 rings (SSSR count). The van der Waals surface area contributed by atoms with Crippen molar-refractivity contribution >= 4 is 6.03 Å². The molecule has 0 fully saturated rings. The molecule has 0 saturated carbocycles. The molecule has 0 bridgehead atoms. The maximum absolute atomic E-state index is 11.8. The lowest BCUT2D eigenvalue weighted by Gasteiger charge is -2.13. The van der Waals surface area contributed by atoms with Crippen LogP contribution in [0.2, 0.25) is 0 Å². The quantitative estimate of drug-likeness (QED) is 0.802. The summed E-state index contributed by atoms with van der Waals surface area (Å²) in [4.78, 5) is 11.8. The third-order valence-corrected chi connectivity index (χ3v) is 3.74. The van der Waals surface area contributed by atoms with E-state index in [2.05, 4.69) is 10.6 Å². The van der Waals surface area contributed by atoms with Crippen LogP contribution in [-0.4, -0.2) is 19.2 Å². The van der Waals surface area contributed by atoms with E-state index in [0.717, 1.165) is 22.4 Å². The minimum atomic E-state index is -0.182. The van der Waals surface area contributed by atoms with E-state index in [9.17, 15) is 4.79 Å². The molecule has 4 nitrogen and oxygen atoms in total. The number of aryl methyl sites for hydroxylation is 3. The molecule has 122 valence electrons. The molecule has 0 saturated heterocycles. The van der Waals surface area contributed by atoms with Crippen LogP contribution in [0.3, 0.4) is 0 Å². The highest BCUT2D eigenvalue weighted by molar-refractivity contribution is 5.73. The highest BCUT2D eigenvalue weighted by Gasteiger charge is 2.04. The molecule has 0 aliphatic rings. The minimum Gasteiger partial charge on any atom is -0.491 e. The Bertz CT molecular complexity index is 648. The number of carbonyl (C=O) groups is 1. The Morgan fingerprint density at radius 2 is 1.57 bits per heavy atom. The van der Waals surface area contributed by atoms with E-state index in [1.54, 1.807) is 0 Å². The number of carbonyl (C=O) groups excluding carboxylic acids is 1. The van der Waals surface area contributed by atoms with E-state index in [4.69, 9.17) is 4.74 Å². The highest BCUT2D eigenvalue weighted by Crippen LogP contribution is 2.21. The average Bonchev–Trinajstić information content (AvgIpc) is 2.53. The maximum atomic E-state index is 11.8. The van der Waals surface area contributed by atoms with Gasteiger partial charge in [0.2, 0.25) is 0 Å². The second-order valence-electron chi connectivity index (χ2n) is 5.61. The molecule has 0 aliphatic carbocycles. The molecule has 0 heterocycles. The Kier molecular flexibility index (Phi) is 6.03. The average molecular weight is 312 g/mol. The number of para-hydroxylation sites is 1. The van der Waals surface area contributed by atoms with Crippen molar-refractivity contribution in [3.63, 3.8) is 0 Å². The van der Waals surface area contributed by atoms with E-state index < -0.39 is 0 Å². The molecule has 0 radical (unpaired) electrons. The van der Waals surface area contributed by atoms with Gasteiger partial charge in [-0.1, -0.05) is 42.5 Å². The molecule has 2 N–H and O–H groups in total. The Labute approximate surface area is 137 Å². The van der Waals surface area contributed by atoms with E-state index in [-0.39, 0.29) is 6.03 Å². The Morgan fingerprint density at radius 3 is 2.26 bits per heavy atom. The van der Waals surface area contributed by atoms with Crippen molar-refractivity contribution in [1.29, 1.82) is 0 Å². The molecule has 23 heavy (non-hydrogen) atoms. The number of urea groups is 1. The third-order valence-electron chi connectivity index (χ3n) is 3.74. The molecule has 0 spiro atoms. The van der Waals surface area contributed by atoms with Crippen LogP contribution in [0.4, 0.5) is 4.79 Å². The fourth-order valence-corrected chi connectivity index (χ4v) is 2.39. The summed E-state index contributed by atoms with van der Waals surface area (Å²) in [6, 6.07) is 13.9. The summed E-state index contributed by atoms with van der Waals surface area (Å²) in [7, 11) is 0. The van der Waals surface area contributed by atoms with Gasteiger partial charge in [0, 0.05) is 6.54 Å². The summed E-state index contributed by atoms with van der Waals surface area (Å²) < 4.78 is 5.76. The molecule has 2 aromatic rings. The molecule has 0 unspecified atom stereocenters. The number of rotatable bonds is 6. The Hall–Kier alpha value is -2.49. The van der Waals surface area contributed by atoms with Gasteiger partial charge in [-0.25, -0.2) is 4.79 Å². The van der Waals surface area contributed by atoms with E-state index in [0.29, 0.717) is 19.7 Å². The van der Waals surface area contributed by atoms with Crippen molar-refractivity contribution in [2.24, 2.45) is 0 Å². The molecule has 2 aromatic carbocycles. The predicted molar refractivity (Wildman–Crippen MR) is 92.8 cm³/mol. The van der Waals surface area contributed by atoms with Crippen LogP contribution in [0.5, 0.6) is 5.75 Å². The second kappa shape index (κ2) is 8.22. The first-order valence-electron chi connectivity index (χ1n) is 7.83. The number of hydrogen-bond donors (Lipinski definition) is 2. The van der Waals surface area contributed by atoms with Crippen LogP contribution in [0.25, 0.3) is 0 Å². The van der Waals surface area contributed by atoms with Gasteiger partial charge in [-0.05, 0) is 43.0 Å². The van der Waals surface area contributed by atoms with Gasteiger partial charge in [0.15, 0.2) is 0 Å². The zero-order chi connectivity index (χ0) is 16.7. The smallest absolute Gasteiger partial charge is 0.315 e.